The highest BCUT2D eigenvalue weighted by Crippen LogP contribution is 2.37. The molecule has 3 heteroatoms. The molecule has 0 bridgehead atoms. The number of hydrogen-bond acceptors (Lipinski definition) is 2. The van der Waals surface area contributed by atoms with Gasteiger partial charge in [-0.3, -0.25) is 4.79 Å². The van der Waals surface area contributed by atoms with E-state index in [4.69, 9.17) is 0 Å². The van der Waals surface area contributed by atoms with Gasteiger partial charge in [-0.2, -0.15) is 0 Å². The smallest absolute Gasteiger partial charge is 0.228 e. The first-order chi connectivity index (χ1) is 9.24. The highest BCUT2D eigenvalue weighted by atomic mass is 16.3. The number of hydrogen-bond donors (Lipinski definition) is 1. The van der Waals surface area contributed by atoms with Gasteiger partial charge in [0.25, 0.3) is 0 Å². The Kier molecular flexibility index (Phi) is 3.92. The normalized spacial score (nSPS) is 27.4. The third-order valence-corrected chi connectivity index (χ3v) is 4.15. The number of aliphatic hydroxyl groups is 1. The summed E-state index contributed by atoms with van der Waals surface area (Å²) < 4.78 is 0. The van der Waals surface area contributed by atoms with Gasteiger partial charge < -0.3 is 10.0 Å². The van der Waals surface area contributed by atoms with Crippen LogP contribution in [0.25, 0.3) is 0 Å². The minimum atomic E-state index is -0.810. The standard InChI is InChI=1S/C17H25NO2/c1-13-12-17(20,14-8-6-5-7-9-14)10-11-18(13)15(19)16(2,3)4/h5-9,13,20H,10-12H2,1-4H3. The summed E-state index contributed by atoms with van der Waals surface area (Å²) in [7, 11) is 0. The SMILES string of the molecule is CC1CC(O)(c2ccccc2)CCN1C(=O)C(C)(C)C. The van der Waals surface area contributed by atoms with E-state index in [1.807, 2.05) is 62.9 Å². The van der Waals surface area contributed by atoms with Gasteiger partial charge in [-0.15, -0.1) is 0 Å². The molecule has 3 nitrogen and oxygen atoms in total. The maximum Gasteiger partial charge on any atom is 0.228 e. The predicted molar refractivity (Wildman–Crippen MR) is 80.2 cm³/mol. The molecular formula is C17H25NO2. The summed E-state index contributed by atoms with van der Waals surface area (Å²) >= 11 is 0. The van der Waals surface area contributed by atoms with Crippen LogP contribution in [0.2, 0.25) is 0 Å². The molecule has 1 aromatic rings. The van der Waals surface area contributed by atoms with Crippen molar-refractivity contribution in [1.82, 2.24) is 4.90 Å². The Morgan fingerprint density at radius 1 is 1.30 bits per heavy atom. The molecule has 2 rings (SSSR count). The van der Waals surface area contributed by atoms with E-state index in [2.05, 4.69) is 0 Å². The Morgan fingerprint density at radius 3 is 2.40 bits per heavy atom. The molecule has 1 aromatic carbocycles. The Bertz CT molecular complexity index is 478. The average Bonchev–Trinajstić information content (AvgIpc) is 2.38. The van der Waals surface area contributed by atoms with Crippen molar-refractivity contribution in [3.63, 3.8) is 0 Å². The number of benzene rings is 1. The monoisotopic (exact) mass is 275 g/mol. The van der Waals surface area contributed by atoms with Gasteiger partial charge in [0.2, 0.25) is 5.91 Å². The van der Waals surface area contributed by atoms with E-state index < -0.39 is 5.60 Å². The highest BCUT2D eigenvalue weighted by Gasteiger charge is 2.41. The molecule has 1 heterocycles. The summed E-state index contributed by atoms with van der Waals surface area (Å²) in [4.78, 5) is 14.3. The van der Waals surface area contributed by atoms with Crippen LogP contribution in [0.3, 0.4) is 0 Å². The Morgan fingerprint density at radius 2 is 1.90 bits per heavy atom. The van der Waals surface area contributed by atoms with Gasteiger partial charge in [0.05, 0.1) is 5.60 Å². The van der Waals surface area contributed by atoms with Crippen LogP contribution in [-0.4, -0.2) is 28.5 Å². The number of piperidine rings is 1. The van der Waals surface area contributed by atoms with E-state index in [-0.39, 0.29) is 17.4 Å². The van der Waals surface area contributed by atoms with Crippen LogP contribution in [-0.2, 0) is 10.4 Å². The van der Waals surface area contributed by atoms with Gasteiger partial charge in [0, 0.05) is 24.4 Å². The van der Waals surface area contributed by atoms with Gasteiger partial charge in [-0.05, 0) is 18.9 Å². The third kappa shape index (κ3) is 2.88. The van der Waals surface area contributed by atoms with E-state index in [1.54, 1.807) is 0 Å². The highest BCUT2D eigenvalue weighted by molar-refractivity contribution is 5.82. The molecule has 0 saturated carbocycles. The van der Waals surface area contributed by atoms with Crippen LogP contribution in [0.15, 0.2) is 30.3 Å². The summed E-state index contributed by atoms with van der Waals surface area (Å²) in [6.45, 7) is 8.47. The summed E-state index contributed by atoms with van der Waals surface area (Å²) in [5, 5.41) is 10.9. The van der Waals surface area contributed by atoms with Crippen molar-refractivity contribution in [3.05, 3.63) is 35.9 Å². The fourth-order valence-electron chi connectivity index (χ4n) is 2.97. The number of rotatable bonds is 1. The van der Waals surface area contributed by atoms with Crippen molar-refractivity contribution in [2.75, 3.05) is 6.54 Å². The second kappa shape index (κ2) is 5.21. The average molecular weight is 275 g/mol. The number of carbonyl (C=O) groups excluding carboxylic acids is 1. The number of amides is 1. The lowest BCUT2D eigenvalue weighted by Crippen LogP contribution is -2.53. The fourth-order valence-corrected chi connectivity index (χ4v) is 2.97. The zero-order valence-electron chi connectivity index (χ0n) is 12.9. The molecule has 1 saturated heterocycles. The first-order valence-electron chi connectivity index (χ1n) is 7.33. The number of likely N-dealkylation sites (tertiary alicyclic amines) is 1. The van der Waals surface area contributed by atoms with Gasteiger partial charge >= 0.3 is 0 Å². The molecule has 110 valence electrons. The molecule has 0 radical (unpaired) electrons. The molecule has 20 heavy (non-hydrogen) atoms. The van der Waals surface area contributed by atoms with Gasteiger partial charge in [-0.1, -0.05) is 51.1 Å². The zero-order chi connectivity index (χ0) is 15.0. The predicted octanol–water partition coefficient (Wildman–Crippen LogP) is 2.93. The molecule has 1 amide bonds. The van der Waals surface area contributed by atoms with E-state index >= 15 is 0 Å². The summed E-state index contributed by atoms with van der Waals surface area (Å²) in [6.07, 6.45) is 1.20. The van der Waals surface area contributed by atoms with Crippen molar-refractivity contribution in [2.45, 2.75) is 52.2 Å². The quantitative estimate of drug-likeness (QED) is 0.856. The van der Waals surface area contributed by atoms with Crippen molar-refractivity contribution in [1.29, 1.82) is 0 Å². The van der Waals surface area contributed by atoms with Gasteiger partial charge in [0.15, 0.2) is 0 Å². The molecule has 1 aliphatic heterocycles. The lowest BCUT2D eigenvalue weighted by molar-refractivity contribution is -0.148. The van der Waals surface area contributed by atoms with Crippen LogP contribution >= 0.6 is 0 Å². The first kappa shape index (κ1) is 15.0. The van der Waals surface area contributed by atoms with Gasteiger partial charge in [0.1, 0.15) is 0 Å². The molecule has 2 unspecified atom stereocenters. The summed E-state index contributed by atoms with van der Waals surface area (Å²) in [6, 6.07) is 9.84. The van der Waals surface area contributed by atoms with E-state index in [0.29, 0.717) is 19.4 Å². The Hall–Kier alpha value is -1.35. The Balaban J connectivity index is 2.15. The van der Waals surface area contributed by atoms with Crippen LogP contribution in [0.5, 0.6) is 0 Å². The topological polar surface area (TPSA) is 40.5 Å². The van der Waals surface area contributed by atoms with Crippen LogP contribution < -0.4 is 0 Å². The van der Waals surface area contributed by atoms with Crippen molar-refractivity contribution in [2.24, 2.45) is 5.41 Å². The second-order valence-corrected chi connectivity index (χ2v) is 6.95. The lowest BCUT2D eigenvalue weighted by atomic mass is 9.80. The maximum atomic E-state index is 12.4. The summed E-state index contributed by atoms with van der Waals surface area (Å²) in [5.74, 6) is 0.167. The minimum Gasteiger partial charge on any atom is -0.385 e. The molecule has 1 N–H and O–H groups in total. The van der Waals surface area contributed by atoms with Crippen LogP contribution in [0.1, 0.15) is 46.1 Å². The number of nitrogens with zero attached hydrogens (tertiary/aromatic N) is 1. The molecule has 0 aromatic heterocycles. The third-order valence-electron chi connectivity index (χ3n) is 4.15. The van der Waals surface area contributed by atoms with Crippen molar-refractivity contribution < 1.29 is 9.90 Å². The van der Waals surface area contributed by atoms with Crippen LogP contribution in [0.4, 0.5) is 0 Å². The summed E-state index contributed by atoms with van der Waals surface area (Å²) in [5.41, 5.74) is -0.221. The molecule has 1 fully saturated rings. The molecule has 1 aliphatic rings. The Labute approximate surface area is 121 Å². The van der Waals surface area contributed by atoms with Crippen molar-refractivity contribution in [3.8, 4) is 0 Å². The molecule has 2 atom stereocenters. The first-order valence-corrected chi connectivity index (χ1v) is 7.33. The lowest BCUT2D eigenvalue weighted by Gasteiger charge is -2.44. The second-order valence-electron chi connectivity index (χ2n) is 6.95. The number of carbonyl (C=O) groups is 1. The largest absolute Gasteiger partial charge is 0.385 e. The fraction of sp³-hybridized carbons (Fsp3) is 0.588. The minimum absolute atomic E-state index is 0.0562. The van der Waals surface area contributed by atoms with E-state index in [9.17, 15) is 9.90 Å². The van der Waals surface area contributed by atoms with E-state index in [1.165, 1.54) is 0 Å². The molecule has 0 aliphatic carbocycles. The van der Waals surface area contributed by atoms with Gasteiger partial charge in [-0.25, -0.2) is 0 Å². The van der Waals surface area contributed by atoms with Crippen LogP contribution in [0, 0.1) is 5.41 Å². The zero-order valence-corrected chi connectivity index (χ0v) is 12.9. The van der Waals surface area contributed by atoms with Crippen molar-refractivity contribution >= 4 is 5.91 Å². The maximum absolute atomic E-state index is 12.4. The molecule has 0 spiro atoms. The molecular weight excluding hydrogens is 250 g/mol. The van der Waals surface area contributed by atoms with E-state index in [0.717, 1.165) is 5.56 Å².